The second-order valence-electron chi connectivity index (χ2n) is 5.71. The molecule has 1 heterocycles. The van der Waals surface area contributed by atoms with Gasteiger partial charge >= 0.3 is 0 Å². The van der Waals surface area contributed by atoms with Crippen LogP contribution in [0.1, 0.15) is 18.4 Å². The van der Waals surface area contributed by atoms with E-state index in [2.05, 4.69) is 5.32 Å². The number of amides is 2. The van der Waals surface area contributed by atoms with Gasteiger partial charge in [0.2, 0.25) is 5.91 Å². The summed E-state index contributed by atoms with van der Waals surface area (Å²) < 4.78 is 10.9. The molecule has 1 fully saturated rings. The molecule has 0 saturated carbocycles. The third-order valence-electron chi connectivity index (χ3n) is 4.14. The summed E-state index contributed by atoms with van der Waals surface area (Å²) in [6.45, 7) is 3.12. The Morgan fingerprint density at radius 1 is 1.26 bits per heavy atom. The normalized spacial score (nSPS) is 15.2. The van der Waals surface area contributed by atoms with E-state index in [4.69, 9.17) is 9.47 Å². The van der Waals surface area contributed by atoms with E-state index in [1.165, 1.54) is 0 Å². The first-order chi connectivity index (χ1) is 11.0. The van der Waals surface area contributed by atoms with Gasteiger partial charge in [-0.25, -0.2) is 0 Å². The number of carbonyl (C=O) groups is 2. The molecule has 1 aromatic rings. The fourth-order valence-corrected chi connectivity index (χ4v) is 2.72. The Morgan fingerprint density at radius 3 is 2.57 bits per heavy atom. The lowest BCUT2D eigenvalue weighted by molar-refractivity contribution is -0.137. The van der Waals surface area contributed by atoms with Gasteiger partial charge in [0.25, 0.3) is 5.91 Å². The maximum absolute atomic E-state index is 12.2. The van der Waals surface area contributed by atoms with Gasteiger partial charge in [0.05, 0.1) is 7.11 Å². The van der Waals surface area contributed by atoms with Crippen LogP contribution in [0, 0.1) is 12.8 Å². The smallest absolute Gasteiger partial charge is 0.260 e. The highest BCUT2D eigenvalue weighted by atomic mass is 16.5. The summed E-state index contributed by atoms with van der Waals surface area (Å²) in [4.78, 5) is 25.6. The number of hydrogen-bond donors (Lipinski definition) is 1. The molecular formula is C17H24N2O4. The molecule has 126 valence electrons. The Bertz CT molecular complexity index is 566. The SMILES string of the molecule is CNC(=O)C1CCN(C(=O)COc2ccc(C)cc2OC)CC1. The fraction of sp³-hybridized carbons (Fsp3) is 0.529. The van der Waals surface area contributed by atoms with Crippen molar-refractivity contribution in [2.75, 3.05) is 33.9 Å². The Kier molecular flexibility index (Phi) is 5.84. The second-order valence-corrected chi connectivity index (χ2v) is 5.71. The Balaban J connectivity index is 1.85. The lowest BCUT2D eigenvalue weighted by Gasteiger charge is -2.31. The monoisotopic (exact) mass is 320 g/mol. The number of rotatable bonds is 5. The number of hydrogen-bond acceptors (Lipinski definition) is 4. The van der Waals surface area contributed by atoms with Crippen LogP contribution in [0.15, 0.2) is 18.2 Å². The van der Waals surface area contributed by atoms with Crippen molar-refractivity contribution in [3.63, 3.8) is 0 Å². The molecule has 6 heteroatoms. The van der Waals surface area contributed by atoms with Crippen LogP contribution < -0.4 is 14.8 Å². The summed E-state index contributed by atoms with van der Waals surface area (Å²) >= 11 is 0. The van der Waals surface area contributed by atoms with E-state index in [0.717, 1.165) is 5.56 Å². The van der Waals surface area contributed by atoms with Gasteiger partial charge in [-0.15, -0.1) is 0 Å². The molecular weight excluding hydrogens is 296 g/mol. The molecule has 0 radical (unpaired) electrons. The summed E-state index contributed by atoms with van der Waals surface area (Å²) in [6, 6.07) is 5.59. The van der Waals surface area contributed by atoms with Crippen LogP contribution in [0.3, 0.4) is 0 Å². The minimum Gasteiger partial charge on any atom is -0.493 e. The third-order valence-corrected chi connectivity index (χ3v) is 4.14. The van der Waals surface area contributed by atoms with Crippen LogP contribution in [-0.4, -0.2) is 50.6 Å². The molecule has 0 aliphatic carbocycles. The molecule has 1 aliphatic heterocycles. The topological polar surface area (TPSA) is 67.9 Å². The van der Waals surface area contributed by atoms with Gasteiger partial charge in [0.1, 0.15) is 0 Å². The predicted octanol–water partition coefficient (Wildman–Crippen LogP) is 1.37. The standard InChI is InChI=1S/C17H24N2O4/c1-12-4-5-14(15(10-12)22-3)23-11-16(20)19-8-6-13(7-9-19)17(21)18-2/h4-5,10,13H,6-9,11H2,1-3H3,(H,18,21). The van der Waals surface area contributed by atoms with Crippen molar-refractivity contribution in [2.24, 2.45) is 5.92 Å². The number of ether oxygens (including phenoxy) is 2. The van der Waals surface area contributed by atoms with Crippen molar-refractivity contribution in [3.05, 3.63) is 23.8 Å². The number of benzene rings is 1. The predicted molar refractivity (Wildman–Crippen MR) is 86.6 cm³/mol. The Hall–Kier alpha value is -2.24. The quantitative estimate of drug-likeness (QED) is 0.890. The molecule has 6 nitrogen and oxygen atoms in total. The lowest BCUT2D eigenvalue weighted by Crippen LogP contribution is -2.44. The van der Waals surface area contributed by atoms with Gasteiger partial charge in [-0.2, -0.15) is 0 Å². The maximum Gasteiger partial charge on any atom is 0.260 e. The average Bonchev–Trinajstić information content (AvgIpc) is 2.59. The van der Waals surface area contributed by atoms with Gasteiger partial charge < -0.3 is 19.7 Å². The van der Waals surface area contributed by atoms with Gasteiger partial charge in [-0.3, -0.25) is 9.59 Å². The molecule has 0 bridgehead atoms. The fourth-order valence-electron chi connectivity index (χ4n) is 2.72. The number of aryl methyl sites for hydroxylation is 1. The summed E-state index contributed by atoms with van der Waals surface area (Å²) in [5.74, 6) is 1.17. The highest BCUT2D eigenvalue weighted by Crippen LogP contribution is 2.28. The van der Waals surface area contributed by atoms with Crippen molar-refractivity contribution < 1.29 is 19.1 Å². The van der Waals surface area contributed by atoms with E-state index in [1.807, 2.05) is 19.1 Å². The maximum atomic E-state index is 12.2. The van der Waals surface area contributed by atoms with Crippen LogP contribution >= 0.6 is 0 Å². The van der Waals surface area contributed by atoms with Crippen molar-refractivity contribution >= 4 is 11.8 Å². The van der Waals surface area contributed by atoms with E-state index < -0.39 is 0 Å². The average molecular weight is 320 g/mol. The van der Waals surface area contributed by atoms with E-state index in [9.17, 15) is 9.59 Å². The van der Waals surface area contributed by atoms with Gasteiger partial charge in [-0.1, -0.05) is 6.07 Å². The molecule has 0 unspecified atom stereocenters. The molecule has 1 N–H and O–H groups in total. The second kappa shape index (κ2) is 7.85. The summed E-state index contributed by atoms with van der Waals surface area (Å²) in [7, 11) is 3.22. The summed E-state index contributed by atoms with van der Waals surface area (Å²) in [6.07, 6.45) is 1.39. The highest BCUT2D eigenvalue weighted by molar-refractivity contribution is 5.80. The summed E-state index contributed by atoms with van der Waals surface area (Å²) in [5, 5.41) is 2.66. The minimum atomic E-state index is -0.0667. The zero-order valence-corrected chi connectivity index (χ0v) is 13.9. The molecule has 1 saturated heterocycles. The van der Waals surface area contributed by atoms with Crippen molar-refractivity contribution in [1.82, 2.24) is 10.2 Å². The molecule has 23 heavy (non-hydrogen) atoms. The van der Waals surface area contributed by atoms with Crippen LogP contribution in [0.4, 0.5) is 0 Å². The number of piperidine rings is 1. The number of carbonyl (C=O) groups excluding carboxylic acids is 2. The minimum absolute atomic E-state index is 0.00200. The van der Waals surface area contributed by atoms with Gasteiger partial charge in [0.15, 0.2) is 18.1 Å². The molecule has 1 aromatic carbocycles. The first-order valence-electron chi connectivity index (χ1n) is 7.82. The molecule has 0 atom stereocenters. The molecule has 2 rings (SSSR count). The Labute approximate surface area is 136 Å². The number of nitrogens with one attached hydrogen (secondary N) is 1. The molecule has 0 spiro atoms. The van der Waals surface area contributed by atoms with Gasteiger partial charge in [0, 0.05) is 26.1 Å². The van der Waals surface area contributed by atoms with E-state index in [1.54, 1.807) is 25.1 Å². The third kappa shape index (κ3) is 4.37. The lowest BCUT2D eigenvalue weighted by atomic mass is 9.96. The summed E-state index contributed by atoms with van der Waals surface area (Å²) in [5.41, 5.74) is 1.07. The van der Waals surface area contributed by atoms with Crippen molar-refractivity contribution in [3.8, 4) is 11.5 Å². The van der Waals surface area contributed by atoms with E-state index in [-0.39, 0.29) is 24.3 Å². The van der Waals surface area contributed by atoms with Crippen molar-refractivity contribution in [1.29, 1.82) is 0 Å². The van der Waals surface area contributed by atoms with Crippen LogP contribution in [-0.2, 0) is 9.59 Å². The molecule has 2 amide bonds. The van der Waals surface area contributed by atoms with E-state index >= 15 is 0 Å². The van der Waals surface area contributed by atoms with Crippen molar-refractivity contribution in [2.45, 2.75) is 19.8 Å². The zero-order chi connectivity index (χ0) is 16.8. The number of nitrogens with zero attached hydrogens (tertiary/aromatic N) is 1. The first-order valence-corrected chi connectivity index (χ1v) is 7.82. The number of methoxy groups -OCH3 is 1. The van der Waals surface area contributed by atoms with Crippen LogP contribution in [0.2, 0.25) is 0 Å². The highest BCUT2D eigenvalue weighted by Gasteiger charge is 2.26. The molecule has 0 aromatic heterocycles. The zero-order valence-electron chi connectivity index (χ0n) is 13.9. The Morgan fingerprint density at radius 2 is 1.96 bits per heavy atom. The van der Waals surface area contributed by atoms with Crippen LogP contribution in [0.5, 0.6) is 11.5 Å². The number of likely N-dealkylation sites (tertiary alicyclic amines) is 1. The van der Waals surface area contributed by atoms with E-state index in [0.29, 0.717) is 37.4 Å². The largest absolute Gasteiger partial charge is 0.493 e. The van der Waals surface area contributed by atoms with Gasteiger partial charge in [-0.05, 0) is 37.5 Å². The molecule has 1 aliphatic rings. The first kappa shape index (κ1) is 17.1. The van der Waals surface area contributed by atoms with Crippen LogP contribution in [0.25, 0.3) is 0 Å².